The van der Waals surface area contributed by atoms with E-state index in [-0.39, 0.29) is 5.91 Å². The van der Waals surface area contributed by atoms with Crippen molar-refractivity contribution in [3.05, 3.63) is 35.9 Å². The second kappa shape index (κ2) is 6.07. The molecule has 20 heavy (non-hydrogen) atoms. The number of hydrogen-bond acceptors (Lipinski definition) is 2. The van der Waals surface area contributed by atoms with Crippen LogP contribution in [0.15, 0.2) is 30.3 Å². The van der Waals surface area contributed by atoms with Crippen LogP contribution in [-0.4, -0.2) is 23.0 Å². The van der Waals surface area contributed by atoms with Gasteiger partial charge in [-0.1, -0.05) is 50.1 Å². The van der Waals surface area contributed by atoms with Crippen molar-refractivity contribution in [1.82, 2.24) is 5.32 Å². The van der Waals surface area contributed by atoms with Crippen LogP contribution in [0.25, 0.3) is 0 Å². The van der Waals surface area contributed by atoms with E-state index < -0.39 is 17.4 Å². The largest absolute Gasteiger partial charge is 0.480 e. The van der Waals surface area contributed by atoms with E-state index in [9.17, 15) is 9.59 Å². The quantitative estimate of drug-likeness (QED) is 0.838. The number of benzene rings is 1. The molecule has 1 atom stereocenters. The minimum atomic E-state index is -0.956. The summed E-state index contributed by atoms with van der Waals surface area (Å²) in [5, 5.41) is 11.9. The van der Waals surface area contributed by atoms with Crippen LogP contribution < -0.4 is 5.32 Å². The number of nitrogens with one attached hydrogen (secondary N) is 1. The number of amides is 1. The van der Waals surface area contributed by atoms with Crippen molar-refractivity contribution in [2.45, 2.75) is 50.5 Å². The third kappa shape index (κ3) is 2.69. The fraction of sp³-hybridized carbons (Fsp3) is 0.500. The van der Waals surface area contributed by atoms with Crippen LogP contribution in [0.5, 0.6) is 0 Å². The van der Waals surface area contributed by atoms with Gasteiger partial charge >= 0.3 is 5.97 Å². The Labute approximate surface area is 119 Å². The maximum Gasteiger partial charge on any atom is 0.326 e. The highest BCUT2D eigenvalue weighted by Crippen LogP contribution is 2.43. The first-order valence-corrected chi connectivity index (χ1v) is 7.19. The first-order chi connectivity index (χ1) is 9.60. The summed E-state index contributed by atoms with van der Waals surface area (Å²) < 4.78 is 0. The molecule has 1 aromatic rings. The van der Waals surface area contributed by atoms with E-state index in [1.165, 1.54) is 0 Å². The van der Waals surface area contributed by atoms with E-state index in [0.717, 1.165) is 31.2 Å². The summed E-state index contributed by atoms with van der Waals surface area (Å²) in [6.45, 7) is 1.92. The van der Waals surface area contributed by atoms with Gasteiger partial charge in [0.1, 0.15) is 6.04 Å². The topological polar surface area (TPSA) is 66.4 Å². The highest BCUT2D eigenvalue weighted by Gasteiger charge is 2.46. The van der Waals surface area contributed by atoms with Crippen LogP contribution >= 0.6 is 0 Å². The number of hydrogen-bond donors (Lipinski definition) is 2. The van der Waals surface area contributed by atoms with E-state index in [4.69, 9.17) is 5.11 Å². The second-order valence-corrected chi connectivity index (χ2v) is 5.45. The molecule has 1 aliphatic rings. The van der Waals surface area contributed by atoms with Gasteiger partial charge in [-0.15, -0.1) is 0 Å². The summed E-state index contributed by atoms with van der Waals surface area (Å²) in [6, 6.07) is 8.88. The van der Waals surface area contributed by atoms with Gasteiger partial charge in [0, 0.05) is 0 Å². The van der Waals surface area contributed by atoms with Crippen molar-refractivity contribution in [3.8, 4) is 0 Å². The predicted molar refractivity (Wildman–Crippen MR) is 76.4 cm³/mol. The van der Waals surface area contributed by atoms with Crippen molar-refractivity contribution in [2.75, 3.05) is 0 Å². The monoisotopic (exact) mass is 275 g/mol. The lowest BCUT2D eigenvalue weighted by atomic mass is 9.63. The molecule has 2 N–H and O–H groups in total. The Hall–Kier alpha value is -1.84. The van der Waals surface area contributed by atoms with E-state index in [1.807, 2.05) is 37.3 Å². The lowest BCUT2D eigenvalue weighted by Crippen LogP contribution is -2.53. The number of rotatable bonds is 6. The second-order valence-electron chi connectivity index (χ2n) is 5.45. The van der Waals surface area contributed by atoms with Gasteiger partial charge in [0.15, 0.2) is 0 Å². The molecule has 0 unspecified atom stereocenters. The van der Waals surface area contributed by atoms with Crippen molar-refractivity contribution in [2.24, 2.45) is 0 Å². The molecule has 2 rings (SSSR count). The molecule has 4 heteroatoms. The third-order valence-corrected chi connectivity index (χ3v) is 4.15. The molecule has 0 aliphatic heterocycles. The fourth-order valence-electron chi connectivity index (χ4n) is 2.78. The zero-order valence-corrected chi connectivity index (χ0v) is 11.8. The SMILES string of the molecule is CCC[C@H](NC(=O)C1(c2ccccc2)CCC1)C(=O)O. The van der Waals surface area contributed by atoms with Crippen LogP contribution in [0, 0.1) is 0 Å². The number of carbonyl (C=O) groups excluding carboxylic acids is 1. The Morgan fingerprint density at radius 2 is 1.95 bits per heavy atom. The first kappa shape index (κ1) is 14.6. The zero-order valence-electron chi connectivity index (χ0n) is 11.8. The Morgan fingerprint density at radius 3 is 2.40 bits per heavy atom. The normalized spacial score (nSPS) is 17.9. The number of carboxylic acids is 1. The number of carboxylic acid groups (broad SMARTS) is 1. The van der Waals surface area contributed by atoms with Crippen molar-refractivity contribution < 1.29 is 14.7 Å². The predicted octanol–water partition coefficient (Wildman–Crippen LogP) is 2.48. The van der Waals surface area contributed by atoms with E-state index in [0.29, 0.717) is 6.42 Å². The average Bonchev–Trinajstić information content (AvgIpc) is 2.38. The molecule has 0 bridgehead atoms. The molecule has 0 heterocycles. The van der Waals surface area contributed by atoms with Gasteiger partial charge < -0.3 is 10.4 Å². The highest BCUT2D eigenvalue weighted by molar-refractivity contribution is 5.92. The zero-order chi connectivity index (χ0) is 14.6. The minimum absolute atomic E-state index is 0.143. The maximum absolute atomic E-state index is 12.6. The Balaban J connectivity index is 2.16. The molecule has 0 spiro atoms. The molecule has 108 valence electrons. The van der Waals surface area contributed by atoms with Crippen LogP contribution in [-0.2, 0) is 15.0 Å². The summed E-state index contributed by atoms with van der Waals surface area (Å²) in [6.07, 6.45) is 3.79. The van der Waals surface area contributed by atoms with Crippen molar-refractivity contribution >= 4 is 11.9 Å². The standard InChI is InChI=1S/C16H21NO3/c1-2-7-13(14(18)19)17-15(20)16(10-6-11-16)12-8-4-3-5-9-12/h3-5,8-9,13H,2,6-7,10-11H2,1H3,(H,17,20)(H,18,19)/t13-/m0/s1. The molecule has 0 radical (unpaired) electrons. The van der Waals surface area contributed by atoms with E-state index in [2.05, 4.69) is 5.32 Å². The first-order valence-electron chi connectivity index (χ1n) is 7.19. The molecule has 1 aliphatic carbocycles. The molecule has 1 aromatic carbocycles. The van der Waals surface area contributed by atoms with Crippen LogP contribution in [0.3, 0.4) is 0 Å². The summed E-state index contributed by atoms with van der Waals surface area (Å²) in [5.41, 5.74) is 0.465. The van der Waals surface area contributed by atoms with Gasteiger partial charge in [0.2, 0.25) is 5.91 Å². The Morgan fingerprint density at radius 1 is 1.30 bits per heavy atom. The van der Waals surface area contributed by atoms with Crippen molar-refractivity contribution in [1.29, 1.82) is 0 Å². The van der Waals surface area contributed by atoms with Crippen LogP contribution in [0.4, 0.5) is 0 Å². The lowest BCUT2D eigenvalue weighted by molar-refractivity contribution is -0.143. The van der Waals surface area contributed by atoms with Gasteiger partial charge in [-0.3, -0.25) is 4.79 Å². The smallest absolute Gasteiger partial charge is 0.326 e. The fourth-order valence-corrected chi connectivity index (χ4v) is 2.78. The summed E-state index contributed by atoms with van der Waals surface area (Å²) in [5.74, 6) is -1.10. The summed E-state index contributed by atoms with van der Waals surface area (Å²) >= 11 is 0. The molecule has 1 fully saturated rings. The number of carbonyl (C=O) groups is 2. The van der Waals surface area contributed by atoms with Crippen LogP contribution in [0.2, 0.25) is 0 Å². The molecular weight excluding hydrogens is 254 g/mol. The average molecular weight is 275 g/mol. The minimum Gasteiger partial charge on any atom is -0.480 e. The number of aliphatic carboxylic acids is 1. The summed E-state index contributed by atoms with van der Waals surface area (Å²) in [7, 11) is 0. The summed E-state index contributed by atoms with van der Waals surface area (Å²) in [4.78, 5) is 23.7. The molecule has 1 saturated carbocycles. The Bertz CT molecular complexity index is 480. The third-order valence-electron chi connectivity index (χ3n) is 4.15. The molecular formula is C16H21NO3. The van der Waals surface area contributed by atoms with Crippen molar-refractivity contribution in [3.63, 3.8) is 0 Å². The maximum atomic E-state index is 12.6. The lowest BCUT2D eigenvalue weighted by Gasteiger charge is -2.41. The van der Waals surface area contributed by atoms with E-state index >= 15 is 0 Å². The molecule has 4 nitrogen and oxygen atoms in total. The molecule has 0 aromatic heterocycles. The van der Waals surface area contributed by atoms with Gasteiger partial charge in [-0.2, -0.15) is 0 Å². The Kier molecular flexibility index (Phi) is 4.42. The molecule has 0 saturated heterocycles. The van der Waals surface area contributed by atoms with Gasteiger partial charge in [0.25, 0.3) is 0 Å². The van der Waals surface area contributed by atoms with E-state index in [1.54, 1.807) is 0 Å². The highest BCUT2D eigenvalue weighted by atomic mass is 16.4. The molecule has 1 amide bonds. The van der Waals surface area contributed by atoms with Gasteiger partial charge in [-0.25, -0.2) is 4.79 Å². The van der Waals surface area contributed by atoms with Gasteiger partial charge in [-0.05, 0) is 24.8 Å². The van der Waals surface area contributed by atoms with Gasteiger partial charge in [0.05, 0.1) is 5.41 Å². The van der Waals surface area contributed by atoms with Crippen LogP contribution in [0.1, 0.15) is 44.6 Å².